The Hall–Kier alpha value is -11.4. The third-order valence-corrected chi connectivity index (χ3v) is 17.4. The van der Waals surface area contributed by atoms with Crippen LogP contribution in [0, 0.1) is 5.41 Å². The standard InChI is InChI=1S/C80H68Cl3NO26/c1-46(85)98-59-58(45-97-76-65(107-74(93)54-39-23-9-24-40-54)62(105-72(91)52-35-19-7-20-36-52)60(103-70(89)50-31-15-5-16-32-50)56(100-76)43-95-68(87)48-27-11-3-12-28-48)102-78(110-79(84)80(81,82)83)66(99-47(2)86)64(59)109-77-67(108-75(94)55-41-25-10-26-42-55)63(106-73(92)53-37-21-8-22-38-53)61(104-71(90)51-33-17-6-18-34-51)57(101-77)44-96-69(88)49-29-13-4-14-30-49/h3-42,56-67,76-78,84H,43-45H2,1-2H3/t56-,57-,58-,59-,60-,61-,62+,63+,64+,65+,66-,67+,76+,77-,78-/m1/s1. The molecule has 0 aliphatic carbocycles. The monoisotopic (exact) mass is 1560 g/mol. The Labute approximate surface area is 643 Å². The van der Waals surface area contributed by atoms with Gasteiger partial charge in [0.1, 0.15) is 37.6 Å². The highest BCUT2D eigenvalue weighted by Crippen LogP contribution is 2.40. The normalized spacial score (nSPS) is 23.5. The molecule has 0 aromatic heterocycles. The highest BCUT2D eigenvalue weighted by Gasteiger charge is 2.60. The Balaban J connectivity index is 1.05. The molecule has 0 saturated carbocycles. The van der Waals surface area contributed by atoms with E-state index in [-0.39, 0.29) is 44.5 Å². The third-order valence-electron chi connectivity index (χ3n) is 16.9. The Morgan fingerprint density at radius 3 is 0.836 bits per heavy atom. The van der Waals surface area contributed by atoms with Crippen LogP contribution >= 0.6 is 34.8 Å². The number of hydrogen-bond acceptors (Lipinski definition) is 27. The van der Waals surface area contributed by atoms with E-state index in [1.807, 2.05) is 0 Å². The predicted molar refractivity (Wildman–Crippen MR) is 384 cm³/mol. The number of esters is 10. The van der Waals surface area contributed by atoms with Gasteiger partial charge in [-0.3, -0.25) is 15.0 Å². The van der Waals surface area contributed by atoms with E-state index in [2.05, 4.69) is 0 Å². The summed E-state index contributed by atoms with van der Waals surface area (Å²) in [7, 11) is 0. The van der Waals surface area contributed by atoms with Gasteiger partial charge in [0.05, 0.1) is 51.1 Å². The van der Waals surface area contributed by atoms with Gasteiger partial charge in [-0.05, 0) is 97.1 Å². The molecule has 0 spiro atoms. The van der Waals surface area contributed by atoms with E-state index in [1.165, 1.54) is 170 Å². The van der Waals surface area contributed by atoms with E-state index in [9.17, 15) is 47.9 Å². The summed E-state index contributed by atoms with van der Waals surface area (Å²) >= 11 is 18.8. The van der Waals surface area contributed by atoms with E-state index in [0.29, 0.717) is 0 Å². The van der Waals surface area contributed by atoms with Crippen molar-refractivity contribution in [3.63, 3.8) is 0 Å². The van der Waals surface area contributed by atoms with Crippen molar-refractivity contribution in [2.45, 2.75) is 110 Å². The Kier molecular flexibility index (Phi) is 27.2. The summed E-state index contributed by atoms with van der Waals surface area (Å²) in [4.78, 5) is 143. The highest BCUT2D eigenvalue weighted by molar-refractivity contribution is 6.76. The molecule has 110 heavy (non-hydrogen) atoms. The predicted octanol–water partition coefficient (Wildman–Crippen LogP) is 10.9. The zero-order valence-electron chi connectivity index (χ0n) is 58.1. The summed E-state index contributed by atoms with van der Waals surface area (Å²) in [5.41, 5.74) is -0.356. The molecule has 1 N–H and O–H groups in total. The average molecular weight is 1570 g/mol. The molecule has 15 atom stereocenters. The summed E-state index contributed by atoms with van der Waals surface area (Å²) in [6, 6.07) is 59.8. The fourth-order valence-electron chi connectivity index (χ4n) is 11.7. The van der Waals surface area contributed by atoms with Gasteiger partial charge in [0.15, 0.2) is 61.4 Å². The van der Waals surface area contributed by atoms with Gasteiger partial charge in [-0.15, -0.1) is 0 Å². The number of nitrogens with one attached hydrogen (secondary N) is 1. The number of ether oxygens (including phenoxy) is 16. The van der Waals surface area contributed by atoms with Crippen LogP contribution in [0.15, 0.2) is 243 Å². The first kappa shape index (κ1) is 79.6. The number of rotatable bonds is 26. The van der Waals surface area contributed by atoms with Gasteiger partial charge in [0, 0.05) is 13.8 Å². The maximum absolute atomic E-state index is 14.8. The van der Waals surface area contributed by atoms with Crippen LogP contribution in [0.25, 0.3) is 0 Å². The molecule has 570 valence electrons. The largest absolute Gasteiger partial charge is 0.459 e. The first-order valence-corrected chi connectivity index (χ1v) is 35.1. The SMILES string of the molecule is CC(=O)O[C@H]1[C@@H](OC(=N)C(Cl)(Cl)Cl)O[C@H](CO[C@H]2O[C@H](COC(=O)c3ccccc3)[C@@H](OC(=O)c3ccccc3)[C@H](OC(=O)c3ccccc3)[C@@H]2OC(=O)c2ccccc2)[C@@H](OC(C)=O)[C@@H]1O[C@H]1O[C@H](COC(=O)c2ccccc2)[C@@H](OC(=O)c2ccccc2)[C@H](OC(=O)c2ccccc2)[C@@H]1OC(=O)c1ccccc1. The minimum atomic E-state index is -2.74. The molecule has 11 rings (SSSR count). The lowest BCUT2D eigenvalue weighted by Crippen LogP contribution is -2.68. The van der Waals surface area contributed by atoms with Crippen molar-refractivity contribution < 1.29 is 124 Å². The van der Waals surface area contributed by atoms with Crippen molar-refractivity contribution in [3.8, 4) is 0 Å². The Morgan fingerprint density at radius 2 is 0.527 bits per heavy atom. The van der Waals surface area contributed by atoms with Gasteiger partial charge in [-0.2, -0.15) is 0 Å². The lowest BCUT2D eigenvalue weighted by molar-refractivity contribution is -0.359. The van der Waals surface area contributed by atoms with Gasteiger partial charge in [0.25, 0.3) is 3.79 Å². The van der Waals surface area contributed by atoms with Crippen molar-refractivity contribution in [2.75, 3.05) is 19.8 Å². The Morgan fingerprint density at radius 1 is 0.291 bits per heavy atom. The van der Waals surface area contributed by atoms with Gasteiger partial charge >= 0.3 is 59.7 Å². The number of hydrogen-bond donors (Lipinski definition) is 1. The highest BCUT2D eigenvalue weighted by atomic mass is 35.6. The number of halogens is 3. The van der Waals surface area contributed by atoms with Crippen LogP contribution in [0.1, 0.15) is 96.7 Å². The summed E-state index contributed by atoms with van der Waals surface area (Å²) in [5, 5.41) is 8.90. The first-order valence-electron chi connectivity index (χ1n) is 34.0. The molecule has 3 saturated heterocycles. The van der Waals surface area contributed by atoms with Crippen LogP contribution in [0.2, 0.25) is 0 Å². The molecule has 0 amide bonds. The number of alkyl halides is 3. The van der Waals surface area contributed by atoms with Crippen LogP contribution in [0.5, 0.6) is 0 Å². The topological polar surface area (TPSA) is 342 Å². The summed E-state index contributed by atoms with van der Waals surface area (Å²) in [5.74, 6) is -11.9. The zero-order chi connectivity index (χ0) is 77.8. The first-order chi connectivity index (χ1) is 53.1. The Bertz CT molecular complexity index is 4500. The summed E-state index contributed by atoms with van der Waals surface area (Å²) in [6.07, 6.45) is -31.2. The second-order valence-electron chi connectivity index (χ2n) is 24.5. The minimum Gasteiger partial charge on any atom is -0.459 e. The number of benzene rings is 8. The van der Waals surface area contributed by atoms with E-state index in [0.717, 1.165) is 13.8 Å². The molecule has 0 unspecified atom stereocenters. The molecule has 3 aliphatic heterocycles. The van der Waals surface area contributed by atoms with E-state index in [1.54, 1.807) is 72.8 Å². The van der Waals surface area contributed by atoms with Crippen molar-refractivity contribution in [1.82, 2.24) is 0 Å². The van der Waals surface area contributed by atoms with Gasteiger partial charge in [0.2, 0.25) is 12.2 Å². The maximum Gasteiger partial charge on any atom is 0.338 e. The van der Waals surface area contributed by atoms with Crippen molar-refractivity contribution in [2.24, 2.45) is 0 Å². The smallest absolute Gasteiger partial charge is 0.338 e. The van der Waals surface area contributed by atoms with Crippen molar-refractivity contribution in [1.29, 1.82) is 5.41 Å². The van der Waals surface area contributed by atoms with E-state index >= 15 is 0 Å². The molecule has 3 aliphatic rings. The number of carbonyl (C=O) groups is 10. The number of carbonyl (C=O) groups excluding carboxylic acids is 10. The maximum atomic E-state index is 14.8. The van der Waals surface area contributed by atoms with Gasteiger partial charge in [-0.25, -0.2) is 38.4 Å². The molecule has 0 radical (unpaired) electrons. The van der Waals surface area contributed by atoms with Crippen LogP contribution in [-0.4, -0.2) is 181 Å². The minimum absolute atomic E-state index is 0.0254. The molecule has 30 heteroatoms. The fraction of sp³-hybridized carbons (Fsp3) is 0.263. The quantitative estimate of drug-likeness (QED) is 0.0173. The average Bonchev–Trinajstić information content (AvgIpc) is 0.763. The third kappa shape index (κ3) is 20.9. The fourth-order valence-corrected chi connectivity index (χ4v) is 11.9. The molecular weight excluding hydrogens is 1500 g/mol. The summed E-state index contributed by atoms with van der Waals surface area (Å²) in [6.45, 7) is -0.932. The van der Waals surface area contributed by atoms with Crippen LogP contribution in [0.4, 0.5) is 0 Å². The lowest BCUT2D eigenvalue weighted by Gasteiger charge is -2.49. The van der Waals surface area contributed by atoms with Crippen LogP contribution in [0.3, 0.4) is 0 Å². The molecule has 3 heterocycles. The van der Waals surface area contributed by atoms with Crippen molar-refractivity contribution in [3.05, 3.63) is 287 Å². The molecule has 3 fully saturated rings. The molecule has 27 nitrogen and oxygen atoms in total. The van der Waals surface area contributed by atoms with E-state index < -0.39 is 181 Å². The molecular formula is C80H68Cl3NO26. The second kappa shape index (κ2) is 37.6. The van der Waals surface area contributed by atoms with Crippen LogP contribution < -0.4 is 0 Å². The van der Waals surface area contributed by atoms with Crippen LogP contribution in [-0.2, 0) is 85.4 Å². The lowest BCUT2D eigenvalue weighted by atomic mass is 9.95. The van der Waals surface area contributed by atoms with Gasteiger partial charge in [-0.1, -0.05) is 180 Å². The molecule has 0 bridgehead atoms. The zero-order valence-corrected chi connectivity index (χ0v) is 60.4. The second-order valence-corrected chi connectivity index (χ2v) is 26.8. The molecule has 8 aromatic carbocycles. The summed E-state index contributed by atoms with van der Waals surface area (Å²) < 4.78 is 98.1. The molecule has 8 aromatic rings. The van der Waals surface area contributed by atoms with Gasteiger partial charge < -0.3 is 75.8 Å². The van der Waals surface area contributed by atoms with Crippen molar-refractivity contribution >= 4 is 100 Å². The van der Waals surface area contributed by atoms with E-state index in [4.69, 9.17) is 116 Å².